The van der Waals surface area contributed by atoms with Gasteiger partial charge in [-0.05, 0) is 6.42 Å². The van der Waals surface area contributed by atoms with Crippen LogP contribution in [0.4, 0.5) is 0 Å². The largest absolute Gasteiger partial charge is 0.325 e. The number of halogens is 1. The van der Waals surface area contributed by atoms with Crippen molar-refractivity contribution < 1.29 is 4.79 Å². The Morgan fingerprint density at radius 1 is 1.73 bits per heavy atom. The molecule has 3 N–H and O–H groups in total. The molecule has 1 amide bonds. The van der Waals surface area contributed by atoms with Crippen molar-refractivity contribution in [3.63, 3.8) is 0 Å². The molecule has 2 rings (SSSR count). The van der Waals surface area contributed by atoms with Crippen LogP contribution in [-0.4, -0.2) is 29.0 Å². The van der Waals surface area contributed by atoms with Gasteiger partial charge in [-0.15, -0.1) is 23.7 Å². The van der Waals surface area contributed by atoms with Crippen LogP contribution < -0.4 is 11.2 Å². The molecule has 84 valence electrons. The molecule has 1 aliphatic heterocycles. The first kappa shape index (κ1) is 12.4. The van der Waals surface area contributed by atoms with Crippen molar-refractivity contribution in [2.24, 2.45) is 5.73 Å². The van der Waals surface area contributed by atoms with Gasteiger partial charge in [-0.1, -0.05) is 0 Å². The first-order valence-electron chi connectivity index (χ1n) is 4.51. The zero-order chi connectivity index (χ0) is 9.97. The molecule has 0 aliphatic carbocycles. The van der Waals surface area contributed by atoms with Crippen LogP contribution in [0.5, 0.6) is 0 Å². The minimum Gasteiger partial charge on any atom is -0.325 e. The molecule has 1 aliphatic rings. The number of hydrazine groups is 1. The summed E-state index contributed by atoms with van der Waals surface area (Å²) < 4.78 is 0. The Kier molecular flexibility index (Phi) is 4.46. The van der Waals surface area contributed by atoms with Crippen LogP contribution in [0.1, 0.15) is 21.9 Å². The van der Waals surface area contributed by atoms with Crippen LogP contribution in [0, 0.1) is 0 Å². The van der Waals surface area contributed by atoms with E-state index >= 15 is 0 Å². The van der Waals surface area contributed by atoms with Gasteiger partial charge in [0, 0.05) is 25.0 Å². The van der Waals surface area contributed by atoms with Gasteiger partial charge in [-0.25, -0.2) is 10.4 Å². The Morgan fingerprint density at radius 2 is 2.53 bits per heavy atom. The Morgan fingerprint density at radius 3 is 3.07 bits per heavy atom. The van der Waals surface area contributed by atoms with Crippen LogP contribution in [-0.2, 0) is 6.54 Å². The van der Waals surface area contributed by atoms with Gasteiger partial charge < -0.3 is 5.73 Å². The molecule has 1 aromatic rings. The monoisotopic (exact) mass is 248 g/mol. The number of carbonyl (C=O) groups excluding carboxylic acids is 1. The number of nitrogens with one attached hydrogen (secondary N) is 1. The Bertz CT molecular complexity index is 337. The lowest BCUT2D eigenvalue weighted by Gasteiger charge is -2.13. The van der Waals surface area contributed by atoms with E-state index in [2.05, 4.69) is 10.4 Å². The van der Waals surface area contributed by atoms with Crippen molar-refractivity contribution >= 4 is 29.7 Å². The third-order valence-electron chi connectivity index (χ3n) is 2.05. The van der Waals surface area contributed by atoms with Crippen molar-refractivity contribution in [1.82, 2.24) is 15.4 Å². The van der Waals surface area contributed by atoms with E-state index < -0.39 is 0 Å². The fraction of sp³-hybridized carbons (Fsp3) is 0.500. The lowest BCUT2D eigenvalue weighted by Crippen LogP contribution is -2.37. The zero-order valence-electron chi connectivity index (χ0n) is 8.10. The number of hydrogen-bond donors (Lipinski definition) is 2. The molecule has 0 aromatic carbocycles. The van der Waals surface area contributed by atoms with Gasteiger partial charge >= 0.3 is 0 Å². The van der Waals surface area contributed by atoms with E-state index in [1.807, 2.05) is 0 Å². The van der Waals surface area contributed by atoms with Gasteiger partial charge in [0.15, 0.2) is 0 Å². The average Bonchev–Trinajstić information content (AvgIpc) is 2.88. The van der Waals surface area contributed by atoms with Gasteiger partial charge in [0.2, 0.25) is 0 Å². The average molecular weight is 249 g/mol. The zero-order valence-corrected chi connectivity index (χ0v) is 9.74. The molecule has 0 saturated carbocycles. The molecule has 1 saturated heterocycles. The van der Waals surface area contributed by atoms with E-state index in [0.717, 1.165) is 24.5 Å². The molecule has 0 radical (unpaired) electrons. The summed E-state index contributed by atoms with van der Waals surface area (Å²) in [5.74, 6) is -0.0570. The van der Waals surface area contributed by atoms with E-state index in [0.29, 0.717) is 12.2 Å². The smallest absolute Gasteiger partial charge is 0.287 e. The summed E-state index contributed by atoms with van der Waals surface area (Å²) in [4.78, 5) is 15.9. The Balaban J connectivity index is 0.00000112. The minimum atomic E-state index is -0.0570. The van der Waals surface area contributed by atoms with Gasteiger partial charge in [0.25, 0.3) is 5.91 Å². The summed E-state index contributed by atoms with van der Waals surface area (Å²) >= 11 is 1.43. The fourth-order valence-electron chi connectivity index (χ4n) is 1.34. The van der Waals surface area contributed by atoms with E-state index in [9.17, 15) is 4.79 Å². The summed E-state index contributed by atoms with van der Waals surface area (Å²) in [6, 6.07) is 0. The van der Waals surface area contributed by atoms with E-state index in [4.69, 9.17) is 5.73 Å². The van der Waals surface area contributed by atoms with E-state index in [-0.39, 0.29) is 18.3 Å². The number of amides is 1. The maximum absolute atomic E-state index is 11.7. The lowest BCUT2D eigenvalue weighted by atomic mass is 10.4. The van der Waals surface area contributed by atoms with Crippen LogP contribution in [0.2, 0.25) is 0 Å². The molecule has 0 unspecified atom stereocenters. The van der Waals surface area contributed by atoms with Crippen molar-refractivity contribution in [2.45, 2.75) is 13.0 Å². The Hall–Kier alpha value is -0.690. The van der Waals surface area contributed by atoms with Crippen molar-refractivity contribution in [1.29, 1.82) is 0 Å². The molecule has 0 spiro atoms. The van der Waals surface area contributed by atoms with Gasteiger partial charge in [-0.3, -0.25) is 9.80 Å². The number of nitrogens with two attached hydrogens (primary N) is 1. The molecule has 0 bridgehead atoms. The van der Waals surface area contributed by atoms with Gasteiger partial charge in [0.1, 0.15) is 10.7 Å². The van der Waals surface area contributed by atoms with Crippen molar-refractivity contribution in [3.8, 4) is 0 Å². The number of thiazole rings is 1. The molecular formula is C8H13ClN4OS. The third-order valence-corrected chi connectivity index (χ3v) is 2.92. The SMILES string of the molecule is Cl.NCc1nc(C(=O)N2CCCN2)cs1. The van der Waals surface area contributed by atoms with Crippen LogP contribution in [0.25, 0.3) is 0 Å². The first-order chi connectivity index (χ1) is 6.81. The minimum absolute atomic E-state index is 0. The lowest BCUT2D eigenvalue weighted by molar-refractivity contribution is 0.0721. The second-order valence-corrected chi connectivity index (χ2v) is 3.99. The molecule has 5 nitrogen and oxygen atoms in total. The highest BCUT2D eigenvalue weighted by Crippen LogP contribution is 2.11. The van der Waals surface area contributed by atoms with Crippen LogP contribution in [0.3, 0.4) is 0 Å². The van der Waals surface area contributed by atoms with Gasteiger partial charge in [0.05, 0.1) is 0 Å². The molecule has 7 heteroatoms. The maximum Gasteiger partial charge on any atom is 0.287 e. The highest BCUT2D eigenvalue weighted by Gasteiger charge is 2.21. The maximum atomic E-state index is 11.7. The summed E-state index contributed by atoms with van der Waals surface area (Å²) in [6.45, 7) is 2.01. The second-order valence-electron chi connectivity index (χ2n) is 3.05. The number of aromatic nitrogens is 1. The predicted molar refractivity (Wildman–Crippen MR) is 60.9 cm³/mol. The van der Waals surface area contributed by atoms with Crippen LogP contribution in [0.15, 0.2) is 5.38 Å². The van der Waals surface area contributed by atoms with E-state index in [1.54, 1.807) is 10.4 Å². The topological polar surface area (TPSA) is 71.2 Å². The predicted octanol–water partition coefficient (Wildman–Crippen LogP) is 0.374. The molecule has 1 aromatic heterocycles. The van der Waals surface area contributed by atoms with Gasteiger partial charge in [-0.2, -0.15) is 0 Å². The highest BCUT2D eigenvalue weighted by atomic mass is 35.5. The second kappa shape index (κ2) is 5.41. The summed E-state index contributed by atoms with van der Waals surface area (Å²) in [5.41, 5.74) is 8.91. The highest BCUT2D eigenvalue weighted by molar-refractivity contribution is 7.09. The number of nitrogens with zero attached hydrogens (tertiary/aromatic N) is 2. The molecule has 2 heterocycles. The summed E-state index contributed by atoms with van der Waals surface area (Å²) in [5, 5.41) is 4.16. The normalized spacial score (nSPS) is 15.1. The standard InChI is InChI=1S/C8H12N4OS.ClH/c9-4-7-11-6(5-14-7)8(13)12-3-1-2-10-12;/h5,10H,1-4,9H2;1H. The van der Waals surface area contributed by atoms with Crippen molar-refractivity contribution in [3.05, 3.63) is 16.1 Å². The number of rotatable bonds is 2. The van der Waals surface area contributed by atoms with Crippen LogP contribution >= 0.6 is 23.7 Å². The molecule has 1 fully saturated rings. The summed E-state index contributed by atoms with van der Waals surface area (Å²) in [7, 11) is 0. The molecule has 15 heavy (non-hydrogen) atoms. The third kappa shape index (κ3) is 2.66. The molecule has 0 atom stereocenters. The first-order valence-corrected chi connectivity index (χ1v) is 5.39. The van der Waals surface area contributed by atoms with E-state index in [1.165, 1.54) is 11.3 Å². The summed E-state index contributed by atoms with van der Waals surface area (Å²) in [6.07, 6.45) is 1.000. The quantitative estimate of drug-likeness (QED) is 0.794. The number of carbonyl (C=O) groups is 1. The Labute approximate surface area is 98.0 Å². The number of hydrogen-bond acceptors (Lipinski definition) is 5. The fourth-order valence-corrected chi connectivity index (χ4v) is 1.99. The molecular weight excluding hydrogens is 236 g/mol. The van der Waals surface area contributed by atoms with Crippen molar-refractivity contribution in [2.75, 3.05) is 13.1 Å².